The Kier molecular flexibility index (Phi) is 4.65. The summed E-state index contributed by atoms with van der Waals surface area (Å²) in [6.45, 7) is 2.50. The molecular weight excluding hydrogens is 272 g/mol. The van der Waals surface area contributed by atoms with Gasteiger partial charge in [-0.2, -0.15) is 0 Å². The highest BCUT2D eigenvalue weighted by Crippen LogP contribution is 2.11. The van der Waals surface area contributed by atoms with Gasteiger partial charge in [0, 0.05) is 24.3 Å². The number of aliphatic carboxylic acids is 1. The van der Waals surface area contributed by atoms with Crippen LogP contribution < -0.4 is 0 Å². The number of aromatic nitrogens is 3. The van der Waals surface area contributed by atoms with Crippen LogP contribution in [-0.4, -0.2) is 49.7 Å². The van der Waals surface area contributed by atoms with Crippen LogP contribution in [0.25, 0.3) is 5.69 Å². The zero-order chi connectivity index (χ0) is 15.2. The van der Waals surface area contributed by atoms with Crippen molar-refractivity contribution < 1.29 is 14.7 Å². The highest BCUT2D eigenvalue weighted by atomic mass is 16.4. The number of carbonyl (C=O) groups excluding carboxylic acids is 1. The quantitative estimate of drug-likeness (QED) is 0.863. The van der Waals surface area contributed by atoms with Gasteiger partial charge in [0.05, 0.1) is 6.42 Å². The maximum atomic E-state index is 12.3. The lowest BCUT2D eigenvalue weighted by Gasteiger charge is -2.20. The monoisotopic (exact) mass is 288 g/mol. The van der Waals surface area contributed by atoms with Gasteiger partial charge in [0.15, 0.2) is 0 Å². The van der Waals surface area contributed by atoms with Crippen molar-refractivity contribution in [1.82, 2.24) is 19.7 Å². The van der Waals surface area contributed by atoms with Crippen molar-refractivity contribution in [3.63, 3.8) is 0 Å². The first-order valence-electron chi connectivity index (χ1n) is 6.58. The van der Waals surface area contributed by atoms with Crippen LogP contribution in [-0.2, 0) is 4.79 Å². The number of nitrogens with zero attached hydrogens (tertiary/aromatic N) is 4. The van der Waals surface area contributed by atoms with Crippen molar-refractivity contribution in [2.45, 2.75) is 13.3 Å². The third-order valence-electron chi connectivity index (χ3n) is 3.10. The fraction of sp³-hybridized carbons (Fsp3) is 0.286. The van der Waals surface area contributed by atoms with E-state index < -0.39 is 5.97 Å². The molecule has 1 aromatic heterocycles. The highest BCUT2D eigenvalue weighted by molar-refractivity contribution is 5.94. The van der Waals surface area contributed by atoms with Crippen molar-refractivity contribution in [2.75, 3.05) is 13.1 Å². The summed E-state index contributed by atoms with van der Waals surface area (Å²) in [4.78, 5) is 24.4. The van der Waals surface area contributed by atoms with Crippen LogP contribution in [0.5, 0.6) is 0 Å². The number of carboxylic acids is 1. The molecule has 0 radical (unpaired) electrons. The first-order valence-corrected chi connectivity index (χ1v) is 6.58. The Bertz CT molecular complexity index is 608. The molecule has 0 aliphatic rings. The summed E-state index contributed by atoms with van der Waals surface area (Å²) in [5.41, 5.74) is 1.38. The predicted octanol–water partition coefficient (Wildman–Crippen LogP) is 1.20. The number of rotatable bonds is 6. The molecule has 2 rings (SSSR count). The molecule has 0 fully saturated rings. The molecule has 0 unspecified atom stereocenters. The standard InChI is InChI=1S/C14H16N4O3/c1-2-17(8-7-13(19)20)14(21)11-3-5-12(6-4-11)18-9-15-16-10-18/h3-6,9-10H,2,7-8H2,1H3,(H,19,20). The van der Waals surface area contributed by atoms with Crippen molar-refractivity contribution >= 4 is 11.9 Å². The summed E-state index contributed by atoms with van der Waals surface area (Å²) in [6, 6.07) is 7.01. The summed E-state index contributed by atoms with van der Waals surface area (Å²) >= 11 is 0. The van der Waals surface area contributed by atoms with Gasteiger partial charge >= 0.3 is 5.97 Å². The summed E-state index contributed by atoms with van der Waals surface area (Å²) in [6.07, 6.45) is 3.09. The number of carbonyl (C=O) groups is 2. The maximum absolute atomic E-state index is 12.3. The van der Waals surface area contributed by atoms with E-state index in [1.165, 1.54) is 4.90 Å². The average Bonchev–Trinajstić information content (AvgIpc) is 3.02. The van der Waals surface area contributed by atoms with E-state index in [-0.39, 0.29) is 18.9 Å². The predicted molar refractivity (Wildman–Crippen MR) is 75.2 cm³/mol. The Labute approximate surface area is 121 Å². The molecule has 0 saturated carbocycles. The van der Waals surface area contributed by atoms with Crippen molar-refractivity contribution in [1.29, 1.82) is 0 Å². The zero-order valence-electron chi connectivity index (χ0n) is 11.6. The topological polar surface area (TPSA) is 88.3 Å². The summed E-state index contributed by atoms with van der Waals surface area (Å²) in [5, 5.41) is 16.1. The van der Waals surface area contributed by atoms with E-state index >= 15 is 0 Å². The second-order valence-corrected chi connectivity index (χ2v) is 4.44. The maximum Gasteiger partial charge on any atom is 0.305 e. The molecule has 0 atom stereocenters. The lowest BCUT2D eigenvalue weighted by atomic mass is 10.1. The lowest BCUT2D eigenvalue weighted by molar-refractivity contribution is -0.137. The molecule has 1 N–H and O–H groups in total. The minimum absolute atomic E-state index is 0.0572. The number of benzene rings is 1. The van der Waals surface area contributed by atoms with E-state index in [2.05, 4.69) is 10.2 Å². The second-order valence-electron chi connectivity index (χ2n) is 4.44. The Hall–Kier alpha value is -2.70. The molecule has 0 bridgehead atoms. The van der Waals surface area contributed by atoms with Gasteiger partial charge in [0.2, 0.25) is 0 Å². The van der Waals surface area contributed by atoms with Crippen LogP contribution in [0.2, 0.25) is 0 Å². The molecule has 0 aliphatic carbocycles. The van der Waals surface area contributed by atoms with Crippen molar-refractivity contribution in [2.24, 2.45) is 0 Å². The van der Waals surface area contributed by atoms with E-state index in [1.54, 1.807) is 41.5 Å². The smallest absolute Gasteiger partial charge is 0.305 e. The molecule has 1 aromatic carbocycles. The van der Waals surface area contributed by atoms with Gasteiger partial charge in [-0.1, -0.05) is 0 Å². The Morgan fingerprint density at radius 1 is 1.19 bits per heavy atom. The molecule has 0 spiro atoms. The van der Waals surface area contributed by atoms with Gasteiger partial charge in [-0.25, -0.2) is 0 Å². The molecule has 110 valence electrons. The number of hydrogen-bond donors (Lipinski definition) is 1. The first-order chi connectivity index (χ1) is 10.1. The van der Waals surface area contributed by atoms with E-state index in [0.29, 0.717) is 12.1 Å². The molecule has 1 amide bonds. The van der Waals surface area contributed by atoms with Crippen molar-refractivity contribution in [3.8, 4) is 5.69 Å². The molecule has 0 aliphatic heterocycles. The van der Waals surface area contributed by atoms with Crippen molar-refractivity contribution in [3.05, 3.63) is 42.5 Å². The fourth-order valence-electron chi connectivity index (χ4n) is 1.93. The third kappa shape index (κ3) is 3.65. The SMILES string of the molecule is CCN(CCC(=O)O)C(=O)c1ccc(-n2cnnc2)cc1. The zero-order valence-corrected chi connectivity index (χ0v) is 11.6. The van der Waals surface area contributed by atoms with Gasteiger partial charge in [-0.15, -0.1) is 10.2 Å². The molecule has 1 heterocycles. The highest BCUT2D eigenvalue weighted by Gasteiger charge is 2.15. The Morgan fingerprint density at radius 2 is 1.81 bits per heavy atom. The van der Waals surface area contributed by atoms with E-state index in [1.807, 2.05) is 6.92 Å². The summed E-state index contributed by atoms with van der Waals surface area (Å²) in [5.74, 6) is -1.08. The minimum atomic E-state index is -0.913. The van der Waals surface area contributed by atoms with E-state index in [0.717, 1.165) is 5.69 Å². The lowest BCUT2D eigenvalue weighted by Crippen LogP contribution is -2.32. The Balaban J connectivity index is 2.09. The summed E-state index contributed by atoms with van der Waals surface area (Å²) in [7, 11) is 0. The van der Waals surface area contributed by atoms with E-state index in [9.17, 15) is 9.59 Å². The molecule has 7 nitrogen and oxygen atoms in total. The Morgan fingerprint density at radius 3 is 2.33 bits per heavy atom. The third-order valence-corrected chi connectivity index (χ3v) is 3.10. The number of amides is 1. The normalized spacial score (nSPS) is 10.3. The van der Waals surface area contributed by atoms with Gasteiger partial charge in [0.25, 0.3) is 5.91 Å². The first kappa shape index (κ1) is 14.7. The van der Waals surface area contributed by atoms with Gasteiger partial charge < -0.3 is 10.0 Å². The van der Waals surface area contributed by atoms with Crippen LogP contribution in [0.4, 0.5) is 0 Å². The van der Waals surface area contributed by atoms with Gasteiger partial charge in [-0.3, -0.25) is 14.2 Å². The average molecular weight is 288 g/mol. The largest absolute Gasteiger partial charge is 0.481 e. The van der Waals surface area contributed by atoms with Crippen LogP contribution in [0, 0.1) is 0 Å². The van der Waals surface area contributed by atoms with Crippen LogP contribution in [0.3, 0.4) is 0 Å². The fourth-order valence-corrected chi connectivity index (χ4v) is 1.93. The molecule has 2 aromatic rings. The molecule has 0 saturated heterocycles. The molecular formula is C14H16N4O3. The summed E-state index contributed by atoms with van der Waals surface area (Å²) < 4.78 is 1.73. The van der Waals surface area contributed by atoms with Crippen LogP contribution >= 0.6 is 0 Å². The van der Waals surface area contributed by atoms with Crippen LogP contribution in [0.1, 0.15) is 23.7 Å². The van der Waals surface area contributed by atoms with Crippen LogP contribution in [0.15, 0.2) is 36.9 Å². The number of hydrogen-bond acceptors (Lipinski definition) is 4. The number of carboxylic acid groups (broad SMARTS) is 1. The molecule has 7 heteroatoms. The second kappa shape index (κ2) is 6.65. The molecule has 21 heavy (non-hydrogen) atoms. The minimum Gasteiger partial charge on any atom is -0.481 e. The van der Waals surface area contributed by atoms with Gasteiger partial charge in [0.1, 0.15) is 12.7 Å². The van der Waals surface area contributed by atoms with E-state index in [4.69, 9.17) is 5.11 Å². The van der Waals surface area contributed by atoms with Gasteiger partial charge in [-0.05, 0) is 31.2 Å².